The van der Waals surface area contributed by atoms with Gasteiger partial charge in [0.25, 0.3) is 11.8 Å². The maximum Gasteiger partial charge on any atom is 0.256 e. The fourth-order valence-electron chi connectivity index (χ4n) is 3.48. The molecule has 0 saturated carbocycles. The first-order valence-corrected chi connectivity index (χ1v) is 12.2. The van der Waals surface area contributed by atoms with Gasteiger partial charge in [0.05, 0.1) is 17.8 Å². The number of amides is 2. The summed E-state index contributed by atoms with van der Waals surface area (Å²) >= 11 is 3.03. The zero-order valence-electron chi connectivity index (χ0n) is 18.5. The van der Waals surface area contributed by atoms with Gasteiger partial charge in [-0.15, -0.1) is 11.3 Å². The van der Waals surface area contributed by atoms with Crippen LogP contribution in [0.25, 0.3) is 10.6 Å². The summed E-state index contributed by atoms with van der Waals surface area (Å²) in [4.78, 5) is 39.0. The second-order valence-corrected chi connectivity index (χ2v) is 10.1. The summed E-state index contributed by atoms with van der Waals surface area (Å²) in [5.41, 5.74) is 2.68. The second kappa shape index (κ2) is 9.28. The predicted molar refractivity (Wildman–Crippen MR) is 136 cm³/mol. The number of hydrogen-bond donors (Lipinski definition) is 2. The minimum Gasteiger partial charge on any atom is -0.363 e. The zero-order valence-corrected chi connectivity index (χ0v) is 20.2. The van der Waals surface area contributed by atoms with Crippen LogP contribution >= 0.6 is 23.1 Å². The average molecular weight is 488 g/mol. The Labute approximate surface area is 205 Å². The Balaban J connectivity index is 1.26. The van der Waals surface area contributed by atoms with Gasteiger partial charge in [0.2, 0.25) is 0 Å². The molecule has 0 spiro atoms. The zero-order chi connectivity index (χ0) is 23.7. The average Bonchev–Trinajstić information content (AvgIpc) is 3.27. The highest BCUT2D eigenvalue weighted by molar-refractivity contribution is 7.99. The van der Waals surface area contributed by atoms with Crippen molar-refractivity contribution in [3.05, 3.63) is 83.0 Å². The Kier molecular flexibility index (Phi) is 6.04. The molecule has 0 saturated heterocycles. The van der Waals surface area contributed by atoms with Crippen molar-refractivity contribution >= 4 is 46.4 Å². The van der Waals surface area contributed by atoms with Crippen LogP contribution in [0.4, 0.5) is 11.5 Å². The molecule has 7 nitrogen and oxygen atoms in total. The smallest absolute Gasteiger partial charge is 0.256 e. The Morgan fingerprint density at radius 1 is 1.03 bits per heavy atom. The molecule has 34 heavy (non-hydrogen) atoms. The fraction of sp³-hybridized carbons (Fsp3) is 0.120. The minimum atomic E-state index is -0.212. The van der Waals surface area contributed by atoms with E-state index in [1.54, 1.807) is 30.6 Å². The van der Waals surface area contributed by atoms with Gasteiger partial charge in [-0.3, -0.25) is 9.59 Å². The first kappa shape index (κ1) is 22.1. The van der Waals surface area contributed by atoms with E-state index in [9.17, 15) is 9.59 Å². The van der Waals surface area contributed by atoms with Gasteiger partial charge in [-0.05, 0) is 42.5 Å². The summed E-state index contributed by atoms with van der Waals surface area (Å²) in [6, 6.07) is 16.8. The highest BCUT2D eigenvalue weighted by Crippen LogP contribution is 2.39. The van der Waals surface area contributed by atoms with Crippen LogP contribution in [-0.4, -0.2) is 35.9 Å². The van der Waals surface area contributed by atoms with Crippen LogP contribution in [0.5, 0.6) is 0 Å². The number of pyridine rings is 1. The number of anilines is 2. The molecule has 170 valence electrons. The van der Waals surface area contributed by atoms with E-state index in [2.05, 4.69) is 20.6 Å². The standard InChI is InChI=1S/C25H21N5O2S2/c1-30(2)22-10-8-16(12-26-22)25-28-14-17(33-25)13-27-23(31)15-7-9-21-19(11-15)29-24(32)18-5-3-4-6-20(18)34-21/h3-12,14H,13H2,1-2H3,(H,27,31)(H,29,32). The Bertz CT molecular complexity index is 1380. The molecule has 0 radical (unpaired) electrons. The van der Waals surface area contributed by atoms with E-state index in [1.165, 1.54) is 23.1 Å². The van der Waals surface area contributed by atoms with Crippen molar-refractivity contribution in [2.24, 2.45) is 0 Å². The van der Waals surface area contributed by atoms with Crippen molar-refractivity contribution in [1.82, 2.24) is 15.3 Å². The lowest BCUT2D eigenvalue weighted by atomic mass is 10.1. The lowest BCUT2D eigenvalue weighted by Gasteiger charge is -2.10. The molecule has 0 atom stereocenters. The summed E-state index contributed by atoms with van der Waals surface area (Å²) in [5, 5.41) is 6.72. The summed E-state index contributed by atoms with van der Waals surface area (Å²) in [6.07, 6.45) is 3.57. The maximum absolute atomic E-state index is 12.8. The first-order chi connectivity index (χ1) is 16.5. The van der Waals surface area contributed by atoms with Gasteiger partial charge < -0.3 is 15.5 Å². The third-order valence-electron chi connectivity index (χ3n) is 5.27. The lowest BCUT2D eigenvalue weighted by Crippen LogP contribution is -2.22. The van der Waals surface area contributed by atoms with E-state index in [-0.39, 0.29) is 11.8 Å². The van der Waals surface area contributed by atoms with Crippen LogP contribution in [0.1, 0.15) is 25.6 Å². The monoisotopic (exact) mass is 487 g/mol. The van der Waals surface area contributed by atoms with Gasteiger partial charge in [-0.25, -0.2) is 9.97 Å². The van der Waals surface area contributed by atoms with E-state index in [1.807, 2.05) is 55.4 Å². The summed E-state index contributed by atoms with van der Waals surface area (Å²) in [7, 11) is 3.89. The van der Waals surface area contributed by atoms with Crippen molar-refractivity contribution < 1.29 is 9.59 Å². The molecule has 2 aromatic carbocycles. The number of rotatable bonds is 5. The molecule has 2 aromatic heterocycles. The third-order valence-corrected chi connectivity index (χ3v) is 7.47. The number of fused-ring (bicyclic) bond motifs is 2. The van der Waals surface area contributed by atoms with Crippen LogP contribution in [0, 0.1) is 0 Å². The van der Waals surface area contributed by atoms with Crippen molar-refractivity contribution in [3.8, 4) is 10.6 Å². The fourth-order valence-corrected chi connectivity index (χ4v) is 5.33. The van der Waals surface area contributed by atoms with Gasteiger partial charge in [0.15, 0.2) is 0 Å². The van der Waals surface area contributed by atoms with Gasteiger partial charge in [-0.1, -0.05) is 23.9 Å². The van der Waals surface area contributed by atoms with Gasteiger partial charge in [0.1, 0.15) is 10.8 Å². The SMILES string of the molecule is CN(C)c1ccc(-c2ncc(CNC(=O)c3ccc4c(c3)NC(=O)c3ccccc3S4)s2)cn1. The number of aromatic nitrogens is 2. The van der Waals surface area contributed by atoms with E-state index in [0.717, 1.165) is 31.1 Å². The van der Waals surface area contributed by atoms with Crippen molar-refractivity contribution in [2.75, 3.05) is 24.3 Å². The Hall–Kier alpha value is -3.69. The van der Waals surface area contributed by atoms with Gasteiger partial charge in [0, 0.05) is 52.3 Å². The summed E-state index contributed by atoms with van der Waals surface area (Å²) in [5.74, 6) is 0.493. The highest BCUT2D eigenvalue weighted by Gasteiger charge is 2.20. The largest absolute Gasteiger partial charge is 0.363 e. The Morgan fingerprint density at radius 2 is 1.88 bits per heavy atom. The van der Waals surface area contributed by atoms with E-state index >= 15 is 0 Å². The predicted octanol–water partition coefficient (Wildman–Crippen LogP) is 4.92. The molecule has 4 aromatic rings. The molecule has 0 fully saturated rings. The number of benzene rings is 2. The number of nitrogens with zero attached hydrogens (tertiary/aromatic N) is 3. The van der Waals surface area contributed by atoms with Crippen LogP contribution < -0.4 is 15.5 Å². The lowest BCUT2D eigenvalue weighted by molar-refractivity contribution is 0.0949. The molecule has 0 unspecified atom stereocenters. The maximum atomic E-state index is 12.8. The van der Waals surface area contributed by atoms with Crippen molar-refractivity contribution in [1.29, 1.82) is 0 Å². The van der Waals surface area contributed by atoms with Crippen LogP contribution in [-0.2, 0) is 6.54 Å². The number of nitrogens with one attached hydrogen (secondary N) is 2. The van der Waals surface area contributed by atoms with Crippen LogP contribution in [0.15, 0.2) is 76.8 Å². The van der Waals surface area contributed by atoms with E-state index < -0.39 is 0 Å². The van der Waals surface area contributed by atoms with E-state index in [0.29, 0.717) is 23.4 Å². The quantitative estimate of drug-likeness (QED) is 0.416. The molecule has 0 aliphatic carbocycles. The number of thiazole rings is 1. The number of carbonyl (C=O) groups is 2. The van der Waals surface area contributed by atoms with Gasteiger partial charge >= 0.3 is 0 Å². The molecule has 9 heteroatoms. The normalized spacial score (nSPS) is 12.2. The molecule has 1 aliphatic rings. The molecular formula is C25H21N5O2S2. The summed E-state index contributed by atoms with van der Waals surface area (Å²) in [6.45, 7) is 0.364. The second-order valence-electron chi connectivity index (χ2n) is 7.88. The van der Waals surface area contributed by atoms with Crippen molar-refractivity contribution in [2.45, 2.75) is 16.3 Å². The van der Waals surface area contributed by atoms with E-state index in [4.69, 9.17) is 0 Å². The Morgan fingerprint density at radius 3 is 2.68 bits per heavy atom. The highest BCUT2D eigenvalue weighted by atomic mass is 32.2. The molecule has 2 N–H and O–H groups in total. The molecular weight excluding hydrogens is 466 g/mol. The molecule has 2 amide bonds. The number of carbonyl (C=O) groups excluding carboxylic acids is 2. The third kappa shape index (κ3) is 4.52. The summed E-state index contributed by atoms with van der Waals surface area (Å²) < 4.78 is 0. The molecule has 1 aliphatic heterocycles. The van der Waals surface area contributed by atoms with Crippen molar-refractivity contribution in [3.63, 3.8) is 0 Å². The molecule has 5 rings (SSSR count). The van der Waals surface area contributed by atoms with Crippen LogP contribution in [0.2, 0.25) is 0 Å². The molecule has 3 heterocycles. The van der Waals surface area contributed by atoms with Gasteiger partial charge in [-0.2, -0.15) is 0 Å². The van der Waals surface area contributed by atoms with Crippen LogP contribution in [0.3, 0.4) is 0 Å². The number of hydrogen-bond acceptors (Lipinski definition) is 7. The molecule has 0 bridgehead atoms. The first-order valence-electron chi connectivity index (χ1n) is 10.6. The topological polar surface area (TPSA) is 87.2 Å². The minimum absolute atomic E-state index is 0.176.